The van der Waals surface area contributed by atoms with Gasteiger partial charge in [0.25, 0.3) is 5.91 Å². The van der Waals surface area contributed by atoms with Gasteiger partial charge >= 0.3 is 5.97 Å². The summed E-state index contributed by atoms with van der Waals surface area (Å²) in [6, 6.07) is 6.43. The number of carbonyl (C=O) groups is 2. The Labute approximate surface area is 125 Å². The van der Waals surface area contributed by atoms with Gasteiger partial charge in [0, 0.05) is 18.1 Å². The summed E-state index contributed by atoms with van der Waals surface area (Å²) in [5.74, 6) is -1.93. The lowest BCUT2D eigenvalue weighted by molar-refractivity contribution is 0.0692. The molecule has 0 saturated heterocycles. The average Bonchev–Trinajstić information content (AvgIpc) is 2.46. The van der Waals surface area contributed by atoms with Crippen molar-refractivity contribution in [2.45, 2.75) is 4.90 Å². The van der Waals surface area contributed by atoms with Crippen molar-refractivity contribution in [2.24, 2.45) is 5.14 Å². The van der Waals surface area contributed by atoms with Gasteiger partial charge in [0.05, 0.1) is 16.0 Å². The van der Waals surface area contributed by atoms with E-state index >= 15 is 0 Å². The predicted octanol–water partition coefficient (Wildman–Crippen LogP) is 0.679. The molecule has 0 atom stereocenters. The lowest BCUT2D eigenvalue weighted by Gasteiger charge is -2.08. The van der Waals surface area contributed by atoms with Gasteiger partial charge in [0.1, 0.15) is 0 Å². The SMILES string of the molecule is NS(=O)(=O)c1ccc(NC(=O)c2ccncc2C(=O)O)cc1. The van der Waals surface area contributed by atoms with Crippen molar-refractivity contribution in [1.82, 2.24) is 4.98 Å². The van der Waals surface area contributed by atoms with Gasteiger partial charge in [-0.3, -0.25) is 9.78 Å². The molecular formula is C13H11N3O5S. The Balaban J connectivity index is 2.25. The minimum absolute atomic E-state index is 0.0574. The van der Waals surface area contributed by atoms with E-state index in [9.17, 15) is 18.0 Å². The Bertz CT molecular complexity index is 831. The molecule has 8 nitrogen and oxygen atoms in total. The van der Waals surface area contributed by atoms with Crippen LogP contribution in [0.15, 0.2) is 47.6 Å². The van der Waals surface area contributed by atoms with E-state index < -0.39 is 21.9 Å². The van der Waals surface area contributed by atoms with Crippen molar-refractivity contribution < 1.29 is 23.1 Å². The fourth-order valence-electron chi connectivity index (χ4n) is 1.69. The number of carboxylic acids is 1. The van der Waals surface area contributed by atoms with Gasteiger partial charge in [-0.2, -0.15) is 0 Å². The highest BCUT2D eigenvalue weighted by Gasteiger charge is 2.16. The van der Waals surface area contributed by atoms with E-state index in [0.29, 0.717) is 5.69 Å². The lowest BCUT2D eigenvalue weighted by Crippen LogP contribution is -2.17. The van der Waals surface area contributed by atoms with E-state index in [1.165, 1.54) is 36.5 Å². The maximum Gasteiger partial charge on any atom is 0.338 e. The van der Waals surface area contributed by atoms with Crippen molar-refractivity contribution in [3.05, 3.63) is 53.9 Å². The van der Waals surface area contributed by atoms with Crippen molar-refractivity contribution in [3.63, 3.8) is 0 Å². The molecule has 1 heterocycles. The van der Waals surface area contributed by atoms with Crippen LogP contribution in [-0.2, 0) is 10.0 Å². The standard InChI is InChI=1S/C13H11N3O5S/c14-22(20,21)9-3-1-8(2-4-9)16-12(17)10-5-6-15-7-11(10)13(18)19/h1-7H,(H,16,17)(H,18,19)(H2,14,20,21). The van der Waals surface area contributed by atoms with Crippen molar-refractivity contribution in [2.75, 3.05) is 5.32 Å². The van der Waals surface area contributed by atoms with Gasteiger partial charge in [0.2, 0.25) is 10.0 Å². The molecule has 22 heavy (non-hydrogen) atoms. The number of nitrogens with zero attached hydrogens (tertiary/aromatic N) is 1. The van der Waals surface area contributed by atoms with Crippen LogP contribution in [0, 0.1) is 0 Å². The fourth-order valence-corrected chi connectivity index (χ4v) is 2.20. The smallest absolute Gasteiger partial charge is 0.338 e. The van der Waals surface area contributed by atoms with Crippen LogP contribution in [0.4, 0.5) is 5.69 Å². The van der Waals surface area contributed by atoms with Gasteiger partial charge in [-0.15, -0.1) is 0 Å². The summed E-state index contributed by atoms with van der Waals surface area (Å²) in [5, 5.41) is 16.4. The third-order valence-corrected chi connectivity index (χ3v) is 3.67. The van der Waals surface area contributed by atoms with Crippen LogP contribution in [0.1, 0.15) is 20.7 Å². The van der Waals surface area contributed by atoms with Gasteiger partial charge in [-0.25, -0.2) is 18.4 Å². The molecule has 2 rings (SSSR count). The number of anilines is 1. The topological polar surface area (TPSA) is 139 Å². The molecule has 0 saturated carbocycles. The summed E-state index contributed by atoms with van der Waals surface area (Å²) in [7, 11) is -3.82. The normalized spacial score (nSPS) is 11.0. The molecule has 9 heteroatoms. The Morgan fingerprint density at radius 2 is 1.73 bits per heavy atom. The highest BCUT2D eigenvalue weighted by molar-refractivity contribution is 7.89. The van der Waals surface area contributed by atoms with E-state index in [-0.39, 0.29) is 16.0 Å². The van der Waals surface area contributed by atoms with Crippen LogP contribution in [-0.4, -0.2) is 30.4 Å². The Kier molecular flexibility index (Phi) is 4.20. The molecule has 2 aromatic rings. The Morgan fingerprint density at radius 1 is 1.09 bits per heavy atom. The molecule has 114 valence electrons. The number of sulfonamides is 1. The number of nitrogens with two attached hydrogens (primary N) is 1. The van der Waals surface area contributed by atoms with Crippen molar-refractivity contribution >= 4 is 27.6 Å². The first-order chi connectivity index (χ1) is 10.3. The molecule has 1 aromatic carbocycles. The van der Waals surface area contributed by atoms with E-state index in [0.717, 1.165) is 6.20 Å². The number of nitrogens with one attached hydrogen (secondary N) is 1. The largest absolute Gasteiger partial charge is 0.478 e. The summed E-state index contributed by atoms with van der Waals surface area (Å²) in [6.07, 6.45) is 2.37. The van der Waals surface area contributed by atoms with Crippen molar-refractivity contribution in [3.8, 4) is 0 Å². The third kappa shape index (κ3) is 3.45. The van der Waals surface area contributed by atoms with Crippen LogP contribution in [0.3, 0.4) is 0 Å². The van der Waals surface area contributed by atoms with E-state index in [1.807, 2.05) is 0 Å². The number of carbonyl (C=O) groups excluding carboxylic acids is 1. The third-order valence-electron chi connectivity index (χ3n) is 2.74. The minimum Gasteiger partial charge on any atom is -0.478 e. The number of rotatable bonds is 4. The number of hydrogen-bond donors (Lipinski definition) is 3. The number of hydrogen-bond acceptors (Lipinski definition) is 5. The van der Waals surface area contributed by atoms with E-state index in [4.69, 9.17) is 10.2 Å². The molecule has 1 amide bonds. The number of carboxylic acid groups (broad SMARTS) is 1. The van der Waals surface area contributed by atoms with Crippen LogP contribution in [0.25, 0.3) is 0 Å². The van der Waals surface area contributed by atoms with Gasteiger partial charge in [-0.05, 0) is 30.3 Å². The quantitative estimate of drug-likeness (QED) is 0.756. The van der Waals surface area contributed by atoms with Gasteiger partial charge < -0.3 is 10.4 Å². The number of aromatic carboxylic acids is 1. The molecule has 4 N–H and O–H groups in total. The Hall–Kier alpha value is -2.78. The number of benzene rings is 1. The van der Waals surface area contributed by atoms with Crippen LogP contribution >= 0.6 is 0 Å². The number of primary sulfonamides is 1. The van der Waals surface area contributed by atoms with Gasteiger partial charge in [0.15, 0.2) is 0 Å². The average molecular weight is 321 g/mol. The maximum absolute atomic E-state index is 12.1. The van der Waals surface area contributed by atoms with E-state index in [2.05, 4.69) is 10.3 Å². The summed E-state index contributed by atoms with van der Waals surface area (Å²) in [6.45, 7) is 0. The molecule has 0 unspecified atom stereocenters. The first-order valence-electron chi connectivity index (χ1n) is 5.90. The summed E-state index contributed by atoms with van der Waals surface area (Å²) < 4.78 is 22.3. The van der Waals surface area contributed by atoms with Crippen LogP contribution in [0.2, 0.25) is 0 Å². The van der Waals surface area contributed by atoms with E-state index in [1.54, 1.807) is 0 Å². The van der Waals surface area contributed by atoms with Gasteiger partial charge in [-0.1, -0.05) is 0 Å². The number of pyridine rings is 1. The first-order valence-corrected chi connectivity index (χ1v) is 7.45. The predicted molar refractivity (Wildman–Crippen MR) is 77.0 cm³/mol. The highest BCUT2D eigenvalue weighted by Crippen LogP contribution is 2.15. The summed E-state index contributed by atoms with van der Waals surface area (Å²) in [4.78, 5) is 26.7. The molecule has 0 bridgehead atoms. The van der Waals surface area contributed by atoms with Crippen LogP contribution < -0.4 is 10.5 Å². The van der Waals surface area contributed by atoms with Crippen LogP contribution in [0.5, 0.6) is 0 Å². The molecular weight excluding hydrogens is 310 g/mol. The molecule has 0 radical (unpaired) electrons. The summed E-state index contributed by atoms with van der Waals surface area (Å²) >= 11 is 0. The molecule has 0 fully saturated rings. The maximum atomic E-state index is 12.1. The first kappa shape index (κ1) is 15.6. The molecule has 0 spiro atoms. The monoisotopic (exact) mass is 321 g/mol. The second kappa shape index (κ2) is 5.92. The number of aromatic nitrogens is 1. The lowest BCUT2D eigenvalue weighted by atomic mass is 10.1. The zero-order chi connectivity index (χ0) is 16.3. The molecule has 0 aliphatic carbocycles. The second-order valence-corrected chi connectivity index (χ2v) is 5.81. The van der Waals surface area contributed by atoms with Crippen molar-refractivity contribution in [1.29, 1.82) is 0 Å². The Morgan fingerprint density at radius 3 is 2.27 bits per heavy atom. The molecule has 1 aromatic heterocycles. The highest BCUT2D eigenvalue weighted by atomic mass is 32.2. The molecule has 0 aliphatic heterocycles. The second-order valence-electron chi connectivity index (χ2n) is 4.25. The molecule has 0 aliphatic rings. The minimum atomic E-state index is -3.82. The zero-order valence-corrected chi connectivity index (χ0v) is 11.9. The summed E-state index contributed by atoms with van der Waals surface area (Å²) in [5.41, 5.74) is 0.00438. The number of amides is 1. The zero-order valence-electron chi connectivity index (χ0n) is 11.1. The fraction of sp³-hybridized carbons (Fsp3) is 0.